The van der Waals surface area contributed by atoms with E-state index < -0.39 is 12.1 Å². The minimum Gasteiger partial charge on any atom is -0.301 e. The zero-order valence-electron chi connectivity index (χ0n) is 9.01. The van der Waals surface area contributed by atoms with E-state index in [1.807, 2.05) is 13.2 Å². The van der Waals surface area contributed by atoms with Crippen LogP contribution in [0.5, 0.6) is 0 Å². The molecule has 0 saturated carbocycles. The molecule has 0 N–H and O–H groups in total. The van der Waals surface area contributed by atoms with Crippen LogP contribution in [0.15, 0.2) is 0 Å². The third kappa shape index (κ3) is 5.28. The monoisotopic (exact) mass is 240 g/mol. The molecule has 0 saturated heterocycles. The Bertz CT molecular complexity index is 224. The van der Waals surface area contributed by atoms with Crippen molar-refractivity contribution in [3.05, 3.63) is 0 Å². The molecule has 2 unspecified atom stereocenters. The molecular weight excluding hydrogens is 225 g/mol. The fraction of sp³-hybridized carbons (Fsp3) is 0.889. The van der Waals surface area contributed by atoms with Crippen LogP contribution in [0.2, 0.25) is 0 Å². The first-order chi connectivity index (χ1) is 6.82. The summed E-state index contributed by atoms with van der Waals surface area (Å²) in [7, 11) is 1.61. The van der Waals surface area contributed by atoms with Crippen LogP contribution >= 0.6 is 11.8 Å². The molecule has 0 rings (SSSR count). The lowest BCUT2D eigenvalue weighted by atomic mass is 10.1. The van der Waals surface area contributed by atoms with Crippen LogP contribution in [0.3, 0.4) is 0 Å². The molecule has 0 aromatic carbocycles. The number of alkyl halides is 3. The molecule has 88 valence electrons. The molecule has 0 amide bonds. The van der Waals surface area contributed by atoms with Gasteiger partial charge in [-0.2, -0.15) is 30.2 Å². The van der Waals surface area contributed by atoms with E-state index in [1.165, 1.54) is 6.07 Å². The predicted octanol–water partition coefficient (Wildman–Crippen LogP) is 2.37. The zero-order chi connectivity index (χ0) is 12.1. The molecule has 0 radical (unpaired) electrons. The molecule has 0 aliphatic carbocycles. The zero-order valence-corrected chi connectivity index (χ0v) is 9.82. The minimum absolute atomic E-state index is 0.0400. The number of halogens is 3. The molecule has 2 atom stereocenters. The fourth-order valence-corrected chi connectivity index (χ4v) is 1.79. The maximum absolute atomic E-state index is 12.3. The molecule has 0 fully saturated rings. The van der Waals surface area contributed by atoms with Crippen LogP contribution in [0.4, 0.5) is 13.2 Å². The molecule has 0 heterocycles. The second-order valence-electron chi connectivity index (χ2n) is 3.47. The Labute approximate surface area is 92.4 Å². The van der Waals surface area contributed by atoms with Gasteiger partial charge in [-0.3, -0.25) is 0 Å². The van der Waals surface area contributed by atoms with E-state index in [0.29, 0.717) is 0 Å². The van der Waals surface area contributed by atoms with E-state index in [-0.39, 0.29) is 12.6 Å². The molecule has 2 nitrogen and oxygen atoms in total. The van der Waals surface area contributed by atoms with Gasteiger partial charge in [0.15, 0.2) is 5.92 Å². The van der Waals surface area contributed by atoms with Crippen molar-refractivity contribution in [1.82, 2.24) is 4.90 Å². The molecule has 0 aromatic heterocycles. The lowest BCUT2D eigenvalue weighted by Gasteiger charge is -2.26. The van der Waals surface area contributed by atoms with Gasteiger partial charge >= 0.3 is 6.18 Å². The van der Waals surface area contributed by atoms with Gasteiger partial charge in [0.2, 0.25) is 0 Å². The third-order valence-electron chi connectivity index (χ3n) is 2.18. The summed E-state index contributed by atoms with van der Waals surface area (Å²) in [6, 6.07) is 1.34. The lowest BCUT2D eigenvalue weighted by molar-refractivity contribution is -0.163. The van der Waals surface area contributed by atoms with Gasteiger partial charge < -0.3 is 4.90 Å². The van der Waals surface area contributed by atoms with Gasteiger partial charge in [0.1, 0.15) is 0 Å². The van der Waals surface area contributed by atoms with E-state index in [1.54, 1.807) is 23.7 Å². The summed E-state index contributed by atoms with van der Waals surface area (Å²) in [5, 5.41) is 8.42. The van der Waals surface area contributed by atoms with Crippen LogP contribution in [0.25, 0.3) is 0 Å². The van der Waals surface area contributed by atoms with Crippen molar-refractivity contribution < 1.29 is 13.2 Å². The highest BCUT2D eigenvalue weighted by molar-refractivity contribution is 7.98. The van der Waals surface area contributed by atoms with Crippen LogP contribution in [-0.2, 0) is 0 Å². The third-order valence-corrected chi connectivity index (χ3v) is 3.00. The highest BCUT2D eigenvalue weighted by atomic mass is 32.2. The predicted molar refractivity (Wildman–Crippen MR) is 55.6 cm³/mol. The molecule has 0 aromatic rings. The molecule has 6 heteroatoms. The molecule has 0 aliphatic rings. The second-order valence-corrected chi connectivity index (χ2v) is 4.38. The van der Waals surface area contributed by atoms with Gasteiger partial charge in [-0.05, 0) is 20.2 Å². The minimum atomic E-state index is -4.43. The maximum atomic E-state index is 12.3. The van der Waals surface area contributed by atoms with Gasteiger partial charge in [0.05, 0.1) is 6.07 Å². The second kappa shape index (κ2) is 6.23. The maximum Gasteiger partial charge on any atom is 0.405 e. The fourth-order valence-electron chi connectivity index (χ4n) is 1.05. The molecule has 15 heavy (non-hydrogen) atoms. The Balaban J connectivity index is 4.26. The summed E-state index contributed by atoms with van der Waals surface area (Å²) >= 11 is 1.57. The van der Waals surface area contributed by atoms with Gasteiger partial charge in [0, 0.05) is 18.3 Å². The largest absolute Gasteiger partial charge is 0.405 e. The van der Waals surface area contributed by atoms with Crippen molar-refractivity contribution in [2.75, 3.05) is 25.6 Å². The van der Waals surface area contributed by atoms with E-state index in [2.05, 4.69) is 0 Å². The van der Waals surface area contributed by atoms with Gasteiger partial charge in [-0.25, -0.2) is 0 Å². The van der Waals surface area contributed by atoms with Crippen molar-refractivity contribution >= 4 is 11.8 Å². The average Bonchev–Trinajstić information content (AvgIpc) is 2.12. The number of hydrogen-bond acceptors (Lipinski definition) is 3. The molecule has 0 spiro atoms. The Hall–Kier alpha value is -0.410. The van der Waals surface area contributed by atoms with Crippen LogP contribution in [0, 0.1) is 17.2 Å². The van der Waals surface area contributed by atoms with E-state index in [9.17, 15) is 13.2 Å². The molecular formula is C9H15F3N2S. The van der Waals surface area contributed by atoms with Crippen LogP contribution in [0.1, 0.15) is 6.92 Å². The Morgan fingerprint density at radius 3 is 2.33 bits per heavy atom. The quantitative estimate of drug-likeness (QED) is 0.738. The molecule has 0 bridgehead atoms. The summed E-state index contributed by atoms with van der Waals surface area (Å²) in [4.78, 5) is 1.57. The summed E-state index contributed by atoms with van der Waals surface area (Å²) in [6.45, 7) is 1.59. The van der Waals surface area contributed by atoms with E-state index in [0.717, 1.165) is 5.75 Å². The van der Waals surface area contributed by atoms with Gasteiger partial charge in [0.25, 0.3) is 0 Å². The number of nitriles is 1. The first kappa shape index (κ1) is 14.6. The molecule has 0 aliphatic heterocycles. The van der Waals surface area contributed by atoms with Gasteiger partial charge in [-0.1, -0.05) is 0 Å². The summed E-state index contributed by atoms with van der Waals surface area (Å²) < 4.78 is 36.8. The van der Waals surface area contributed by atoms with Crippen LogP contribution in [-0.4, -0.2) is 42.7 Å². The van der Waals surface area contributed by atoms with Crippen molar-refractivity contribution in [1.29, 1.82) is 5.26 Å². The van der Waals surface area contributed by atoms with Crippen molar-refractivity contribution in [2.24, 2.45) is 5.92 Å². The Morgan fingerprint density at radius 2 is 2.00 bits per heavy atom. The first-order valence-corrected chi connectivity index (χ1v) is 5.87. The normalized spacial score (nSPS) is 16.1. The van der Waals surface area contributed by atoms with Crippen molar-refractivity contribution in [3.63, 3.8) is 0 Å². The van der Waals surface area contributed by atoms with E-state index >= 15 is 0 Å². The lowest BCUT2D eigenvalue weighted by Crippen LogP contribution is -2.39. The standard InChI is InChI=1S/C9H15F3N2S/c1-7(6-15-3)14(2)5-8(4-13)9(10,11)12/h7-8H,5-6H2,1-3H3. The smallest absolute Gasteiger partial charge is 0.301 e. The SMILES string of the molecule is CSCC(C)N(C)CC(C#N)C(F)(F)F. The van der Waals surface area contributed by atoms with Gasteiger partial charge in [-0.15, -0.1) is 0 Å². The summed E-state index contributed by atoms with van der Waals surface area (Å²) in [6.07, 6.45) is -2.53. The summed E-state index contributed by atoms with van der Waals surface area (Å²) in [5.74, 6) is -1.14. The number of thioether (sulfide) groups is 1. The van der Waals surface area contributed by atoms with Crippen LogP contribution < -0.4 is 0 Å². The summed E-state index contributed by atoms with van der Waals surface area (Å²) in [5.41, 5.74) is 0. The first-order valence-electron chi connectivity index (χ1n) is 4.48. The van der Waals surface area contributed by atoms with Crippen molar-refractivity contribution in [3.8, 4) is 6.07 Å². The Kier molecular flexibility index (Phi) is 6.06. The number of rotatable bonds is 5. The average molecular weight is 240 g/mol. The Morgan fingerprint density at radius 1 is 1.47 bits per heavy atom. The highest BCUT2D eigenvalue weighted by Gasteiger charge is 2.40. The van der Waals surface area contributed by atoms with Crippen molar-refractivity contribution in [2.45, 2.75) is 19.1 Å². The highest BCUT2D eigenvalue weighted by Crippen LogP contribution is 2.26. The number of hydrogen-bond donors (Lipinski definition) is 0. The van der Waals surface area contributed by atoms with E-state index in [4.69, 9.17) is 5.26 Å². The topological polar surface area (TPSA) is 27.0 Å². The number of nitrogens with zero attached hydrogens (tertiary/aromatic N) is 2.